The van der Waals surface area contributed by atoms with Crippen LogP contribution in [-0.2, 0) is 22.5 Å². The molecule has 0 N–H and O–H groups in total. The fraction of sp³-hybridized carbons (Fsp3) is 0.500. The summed E-state index contributed by atoms with van der Waals surface area (Å²) in [5.41, 5.74) is 2.86. The van der Waals surface area contributed by atoms with E-state index in [9.17, 15) is 4.55 Å². The van der Waals surface area contributed by atoms with Gasteiger partial charge in [-0.3, -0.25) is 0 Å². The van der Waals surface area contributed by atoms with Crippen molar-refractivity contribution in [2.45, 2.75) is 38.0 Å². The second-order valence-corrected chi connectivity index (χ2v) is 7.91. The molecule has 1 aliphatic rings. The van der Waals surface area contributed by atoms with Crippen molar-refractivity contribution in [1.29, 1.82) is 0 Å². The molecule has 0 radical (unpaired) electrons. The van der Waals surface area contributed by atoms with Crippen molar-refractivity contribution in [1.82, 2.24) is 0 Å². The highest BCUT2D eigenvalue weighted by molar-refractivity contribution is 7.91. The van der Waals surface area contributed by atoms with Crippen LogP contribution >= 0.6 is 11.6 Å². The Balaban J connectivity index is 2.42. The summed E-state index contributed by atoms with van der Waals surface area (Å²) >= 11 is 4.71. The Bertz CT molecular complexity index is 511. The predicted octanol–water partition coefficient (Wildman–Crippen LogP) is 3.16. The van der Waals surface area contributed by atoms with Gasteiger partial charge in [0.25, 0.3) is 0 Å². The minimum absolute atomic E-state index is 0.139. The molecular weight excluding hydrogens is 282 g/mol. The quantitative estimate of drug-likeness (QED) is 0.787. The van der Waals surface area contributed by atoms with Gasteiger partial charge in [-0.2, -0.15) is 0 Å². The lowest BCUT2D eigenvalue weighted by Crippen LogP contribution is -2.29. The van der Waals surface area contributed by atoms with Crippen molar-refractivity contribution in [2.75, 3.05) is 7.11 Å². The highest BCUT2D eigenvalue weighted by atomic mass is 35.5. The van der Waals surface area contributed by atoms with Crippen LogP contribution in [0.5, 0.6) is 0 Å². The molecule has 0 aliphatic heterocycles. The number of hydrogen-bond donors (Lipinski definition) is 0. The Hall–Kier alpha value is -0.550. The molecule has 0 bridgehead atoms. The van der Waals surface area contributed by atoms with Crippen LogP contribution in [0.2, 0.25) is 5.02 Å². The first-order valence-corrected chi connectivity index (χ1v) is 7.63. The first-order valence-electron chi connectivity index (χ1n) is 6.15. The van der Waals surface area contributed by atoms with Gasteiger partial charge in [0.05, 0.1) is 0 Å². The van der Waals surface area contributed by atoms with Crippen molar-refractivity contribution < 1.29 is 9.29 Å². The smallest absolute Gasteiger partial charge is 0.144 e. The van der Waals surface area contributed by atoms with Crippen molar-refractivity contribution in [3.63, 3.8) is 0 Å². The lowest BCUT2D eigenvalue weighted by atomic mass is 10.1. The van der Waals surface area contributed by atoms with Gasteiger partial charge in [-0.25, -0.2) is 0 Å². The molecule has 0 saturated carbocycles. The fourth-order valence-corrected chi connectivity index (χ4v) is 2.84. The van der Waals surface area contributed by atoms with E-state index in [1.54, 1.807) is 7.11 Å². The normalized spacial score (nSPS) is 22.6. The van der Waals surface area contributed by atoms with Gasteiger partial charge < -0.3 is 9.29 Å². The highest BCUT2D eigenvalue weighted by Crippen LogP contribution is 2.29. The third-order valence-electron chi connectivity index (χ3n) is 3.04. The van der Waals surface area contributed by atoms with Crippen molar-refractivity contribution >= 4 is 28.7 Å². The lowest BCUT2D eigenvalue weighted by molar-refractivity contribution is 0.160. The molecule has 5 heteroatoms. The highest BCUT2D eigenvalue weighted by Gasteiger charge is 2.34. The summed E-state index contributed by atoms with van der Waals surface area (Å²) in [6, 6.07) is 5.68. The minimum Gasteiger partial charge on any atom is -0.591 e. The van der Waals surface area contributed by atoms with Gasteiger partial charge in [-0.1, -0.05) is 22.1 Å². The van der Waals surface area contributed by atoms with E-state index < -0.39 is 11.4 Å². The average Bonchev–Trinajstić information content (AvgIpc) is 2.65. The monoisotopic (exact) mass is 299 g/mol. The number of halogens is 1. The third kappa shape index (κ3) is 3.14. The summed E-state index contributed by atoms with van der Waals surface area (Å²) in [5, 5.41) is 0.701. The number of benzene rings is 1. The first-order chi connectivity index (χ1) is 8.82. The second kappa shape index (κ2) is 5.44. The van der Waals surface area contributed by atoms with Crippen LogP contribution in [0.15, 0.2) is 22.6 Å². The molecule has 1 aromatic carbocycles. The summed E-state index contributed by atoms with van der Waals surface area (Å²) < 4.78 is 21.7. The number of methoxy groups -OCH3 is 1. The average molecular weight is 300 g/mol. The van der Waals surface area contributed by atoms with Crippen molar-refractivity contribution in [2.24, 2.45) is 4.40 Å². The van der Waals surface area contributed by atoms with Crippen LogP contribution in [0.3, 0.4) is 0 Å². The summed E-state index contributed by atoms with van der Waals surface area (Å²) in [7, 11) is 1.65. The maximum absolute atomic E-state index is 12.2. The Morgan fingerprint density at radius 1 is 1.42 bits per heavy atom. The number of rotatable bonds is 2. The van der Waals surface area contributed by atoms with E-state index in [0.717, 1.165) is 23.3 Å². The molecular formula is C14H18ClNO2S. The van der Waals surface area contributed by atoms with Gasteiger partial charge >= 0.3 is 0 Å². The molecule has 1 unspecified atom stereocenters. The Morgan fingerprint density at radius 2 is 2.11 bits per heavy atom. The maximum atomic E-state index is 12.2. The largest absolute Gasteiger partial charge is 0.591 e. The topological polar surface area (TPSA) is 44.6 Å². The molecule has 3 nitrogen and oxygen atoms in total. The minimum atomic E-state index is -1.29. The van der Waals surface area contributed by atoms with E-state index in [0.29, 0.717) is 5.02 Å². The lowest BCUT2D eigenvalue weighted by Gasteiger charge is -2.19. The zero-order valence-corrected chi connectivity index (χ0v) is 13.1. The van der Waals surface area contributed by atoms with Crippen LogP contribution in [0.4, 0.5) is 0 Å². The molecule has 19 heavy (non-hydrogen) atoms. The van der Waals surface area contributed by atoms with E-state index in [4.69, 9.17) is 16.3 Å². The van der Waals surface area contributed by atoms with Crippen LogP contribution in [-0.4, -0.2) is 28.2 Å². The van der Waals surface area contributed by atoms with Gasteiger partial charge in [0, 0.05) is 24.1 Å². The van der Waals surface area contributed by atoms with E-state index in [-0.39, 0.29) is 10.9 Å². The maximum Gasteiger partial charge on any atom is 0.144 e. The number of ether oxygens (including phenoxy) is 1. The van der Waals surface area contributed by atoms with Gasteiger partial charge in [0.2, 0.25) is 0 Å². The van der Waals surface area contributed by atoms with Gasteiger partial charge in [0.1, 0.15) is 27.9 Å². The number of fused-ring (bicyclic) bond motifs is 1. The van der Waals surface area contributed by atoms with Crippen molar-refractivity contribution in [3.8, 4) is 0 Å². The number of nitrogens with zero attached hydrogens (tertiary/aromatic N) is 1. The van der Waals surface area contributed by atoms with Gasteiger partial charge in [-0.15, -0.1) is 0 Å². The molecule has 104 valence electrons. The zero-order valence-electron chi connectivity index (χ0n) is 11.6. The van der Waals surface area contributed by atoms with Crippen LogP contribution < -0.4 is 0 Å². The fourth-order valence-electron chi connectivity index (χ4n) is 1.98. The van der Waals surface area contributed by atoms with E-state index >= 15 is 0 Å². The van der Waals surface area contributed by atoms with Crippen LogP contribution in [0.25, 0.3) is 0 Å². The van der Waals surface area contributed by atoms with Gasteiger partial charge in [-0.05, 0) is 38.5 Å². The van der Waals surface area contributed by atoms with E-state index in [1.807, 2.05) is 39.0 Å². The predicted molar refractivity (Wildman–Crippen MR) is 80.4 cm³/mol. The molecule has 0 saturated heterocycles. The number of hydrogen-bond acceptors (Lipinski definition) is 3. The van der Waals surface area contributed by atoms with Crippen LogP contribution in [0.1, 0.15) is 31.9 Å². The molecule has 0 heterocycles. The van der Waals surface area contributed by atoms with E-state index in [1.165, 1.54) is 0 Å². The molecule has 1 aliphatic carbocycles. The zero-order chi connectivity index (χ0) is 14.2. The Kier molecular flexibility index (Phi) is 4.26. The molecule has 0 aromatic heterocycles. The van der Waals surface area contributed by atoms with Gasteiger partial charge in [0.15, 0.2) is 0 Å². The summed E-state index contributed by atoms with van der Waals surface area (Å²) in [6.07, 6.45) is 0.590. The second-order valence-electron chi connectivity index (χ2n) is 5.57. The molecule has 0 amide bonds. The molecule has 0 fully saturated rings. The molecule has 1 aromatic rings. The summed E-state index contributed by atoms with van der Waals surface area (Å²) in [4.78, 5) is 0. The molecule has 0 spiro atoms. The first kappa shape index (κ1) is 14.9. The summed E-state index contributed by atoms with van der Waals surface area (Å²) in [5.74, 6) is 0. The van der Waals surface area contributed by atoms with Crippen LogP contribution in [0, 0.1) is 0 Å². The van der Waals surface area contributed by atoms with E-state index in [2.05, 4.69) is 4.40 Å². The summed E-state index contributed by atoms with van der Waals surface area (Å²) in [6.45, 7) is 5.73. The molecule has 2 rings (SSSR count). The Labute approximate surface area is 122 Å². The van der Waals surface area contributed by atoms with Crippen molar-refractivity contribution in [3.05, 3.63) is 34.3 Å². The Morgan fingerprint density at radius 3 is 2.68 bits per heavy atom. The standard InChI is InChI=1S/C14H18ClNO2S/c1-14(2,3)19(17)16-13-11-6-5-10(15)7-9(11)8-12(13)18-4/h5-7,12H,8H2,1-4H3/b16-13+/t12-,19?/m1/s1. The third-order valence-corrected chi connectivity index (χ3v) is 4.69. The molecule has 2 atom stereocenters. The SMILES string of the molecule is CO[C@@H]1Cc2cc(Cl)ccc2/C1=N\[S+]([O-])C(C)(C)C.